The minimum Gasteiger partial charge on any atom is -0.302 e. The molecule has 1 aliphatic rings. The molecule has 2 heterocycles. The van der Waals surface area contributed by atoms with Crippen LogP contribution in [0.3, 0.4) is 0 Å². The third-order valence-corrected chi connectivity index (χ3v) is 6.11. The van der Waals surface area contributed by atoms with Gasteiger partial charge in [0.2, 0.25) is 5.91 Å². The summed E-state index contributed by atoms with van der Waals surface area (Å²) in [5, 5.41) is 9.82. The summed E-state index contributed by atoms with van der Waals surface area (Å²) < 4.78 is 15.1. The van der Waals surface area contributed by atoms with Gasteiger partial charge in [-0.3, -0.25) is 4.79 Å². The van der Waals surface area contributed by atoms with E-state index in [1.165, 1.54) is 29.0 Å². The monoisotopic (exact) mass is 396 g/mol. The average Bonchev–Trinajstić information content (AvgIpc) is 3.31. The van der Waals surface area contributed by atoms with Crippen LogP contribution in [0.25, 0.3) is 11.8 Å². The number of nitrogens with zero attached hydrogens (tertiary/aromatic N) is 3. The molecule has 1 N–H and O–H groups in total. The molecule has 0 bridgehead atoms. The quantitative estimate of drug-likeness (QED) is 0.670. The first kappa shape index (κ1) is 18.6. The van der Waals surface area contributed by atoms with Crippen molar-refractivity contribution in [2.75, 3.05) is 5.32 Å². The summed E-state index contributed by atoms with van der Waals surface area (Å²) in [4.78, 5) is 16.3. The van der Waals surface area contributed by atoms with Gasteiger partial charge in [0.05, 0.1) is 17.6 Å². The van der Waals surface area contributed by atoms with Crippen molar-refractivity contribution >= 4 is 28.5 Å². The van der Waals surface area contributed by atoms with E-state index >= 15 is 0 Å². The second kappa shape index (κ2) is 7.31. The topological polar surface area (TPSA) is 59.8 Å². The molecular formula is C21H21FN4OS. The first-order valence-electron chi connectivity index (χ1n) is 9.16. The number of anilines is 1. The van der Waals surface area contributed by atoms with Gasteiger partial charge in [-0.25, -0.2) is 14.1 Å². The van der Waals surface area contributed by atoms with Crippen LogP contribution < -0.4 is 5.32 Å². The number of carbonyl (C=O) groups is 1. The lowest BCUT2D eigenvalue weighted by atomic mass is 9.71. The van der Waals surface area contributed by atoms with Gasteiger partial charge in [-0.05, 0) is 61.1 Å². The highest BCUT2D eigenvalue weighted by Crippen LogP contribution is 2.42. The number of hydrogen-bond donors (Lipinski definition) is 1. The molecule has 0 unspecified atom stereocenters. The largest absolute Gasteiger partial charge is 0.302 e. The van der Waals surface area contributed by atoms with Crippen LogP contribution in [-0.2, 0) is 11.2 Å². The molecule has 0 saturated heterocycles. The van der Waals surface area contributed by atoms with Gasteiger partial charge in [0.1, 0.15) is 5.82 Å². The molecule has 144 valence electrons. The molecule has 0 aliphatic heterocycles. The number of halogens is 1. The molecule has 1 atom stereocenters. The Morgan fingerprint density at radius 2 is 2.14 bits per heavy atom. The maximum Gasteiger partial charge on any atom is 0.226 e. The predicted octanol–water partition coefficient (Wildman–Crippen LogP) is 4.85. The molecule has 28 heavy (non-hydrogen) atoms. The molecule has 2 aromatic heterocycles. The van der Waals surface area contributed by atoms with Gasteiger partial charge in [-0.1, -0.05) is 12.5 Å². The average molecular weight is 396 g/mol. The lowest BCUT2D eigenvalue weighted by Gasteiger charge is -2.34. The van der Waals surface area contributed by atoms with Gasteiger partial charge in [-0.15, -0.1) is 11.3 Å². The molecule has 7 heteroatoms. The molecule has 0 saturated carbocycles. The summed E-state index contributed by atoms with van der Waals surface area (Å²) in [6.45, 7) is 4.29. The van der Waals surface area contributed by atoms with E-state index < -0.39 is 0 Å². The fraction of sp³-hybridized carbons (Fsp3) is 0.286. The first-order chi connectivity index (χ1) is 13.4. The van der Waals surface area contributed by atoms with Crippen molar-refractivity contribution in [2.45, 2.75) is 33.1 Å². The second-order valence-electron chi connectivity index (χ2n) is 7.39. The third kappa shape index (κ3) is 3.62. The zero-order chi connectivity index (χ0) is 19.7. The standard InChI is InChI=1S/C21H21FN4OS/c1-14-11-18-15(13-24-26(18)17-5-3-16(22)4-6-17)12-21(14,2)8-7-19(27)25-20-23-9-10-28-20/h3-6,9-11,13H,7-8,12H2,1-2H3,(H,23,25,27)/t21-/m0/s1. The Kier molecular flexibility index (Phi) is 4.85. The zero-order valence-electron chi connectivity index (χ0n) is 15.8. The van der Waals surface area contributed by atoms with E-state index in [2.05, 4.69) is 35.3 Å². The van der Waals surface area contributed by atoms with Crippen LogP contribution in [0.5, 0.6) is 0 Å². The summed E-state index contributed by atoms with van der Waals surface area (Å²) in [6.07, 6.45) is 7.67. The van der Waals surface area contributed by atoms with Crippen molar-refractivity contribution in [2.24, 2.45) is 5.41 Å². The molecule has 4 rings (SSSR count). The number of allylic oxidation sites excluding steroid dienone is 1. The summed E-state index contributed by atoms with van der Waals surface area (Å²) in [6, 6.07) is 6.33. The number of aromatic nitrogens is 3. The zero-order valence-corrected chi connectivity index (χ0v) is 16.6. The number of carbonyl (C=O) groups excluding carboxylic acids is 1. The molecule has 0 fully saturated rings. The van der Waals surface area contributed by atoms with Gasteiger partial charge in [0.15, 0.2) is 5.13 Å². The molecule has 0 spiro atoms. The van der Waals surface area contributed by atoms with Crippen molar-refractivity contribution in [1.82, 2.24) is 14.8 Å². The molecule has 0 radical (unpaired) electrons. The van der Waals surface area contributed by atoms with Crippen molar-refractivity contribution in [3.8, 4) is 5.69 Å². The fourth-order valence-corrected chi connectivity index (χ4v) is 4.10. The Morgan fingerprint density at radius 1 is 1.36 bits per heavy atom. The van der Waals surface area contributed by atoms with Crippen molar-refractivity contribution < 1.29 is 9.18 Å². The summed E-state index contributed by atoms with van der Waals surface area (Å²) in [5.41, 5.74) is 4.10. The Labute approximate surface area is 166 Å². The Hall–Kier alpha value is -2.80. The Balaban J connectivity index is 1.50. The van der Waals surface area contributed by atoms with Crippen LogP contribution in [0.4, 0.5) is 9.52 Å². The lowest BCUT2D eigenvalue weighted by molar-refractivity contribution is -0.116. The fourth-order valence-electron chi connectivity index (χ4n) is 3.55. The minimum atomic E-state index is -0.264. The van der Waals surface area contributed by atoms with Gasteiger partial charge in [0.25, 0.3) is 0 Å². The molecule has 1 aromatic carbocycles. The maximum absolute atomic E-state index is 13.2. The van der Waals surface area contributed by atoms with Crippen molar-refractivity contribution in [3.05, 3.63) is 64.7 Å². The number of nitrogens with one attached hydrogen (secondary N) is 1. The summed E-state index contributed by atoms with van der Waals surface area (Å²) in [7, 11) is 0. The Bertz CT molecular complexity index is 1020. The highest BCUT2D eigenvalue weighted by Gasteiger charge is 2.33. The van der Waals surface area contributed by atoms with Crippen LogP contribution in [0.15, 0.2) is 47.6 Å². The Morgan fingerprint density at radius 3 is 2.86 bits per heavy atom. The normalized spacial score (nSPS) is 18.5. The second-order valence-corrected chi connectivity index (χ2v) is 8.29. The minimum absolute atomic E-state index is 0.0169. The number of fused-ring (bicyclic) bond motifs is 1. The highest BCUT2D eigenvalue weighted by atomic mass is 32.1. The van der Waals surface area contributed by atoms with Crippen LogP contribution in [0, 0.1) is 11.2 Å². The van der Waals surface area contributed by atoms with E-state index in [9.17, 15) is 9.18 Å². The third-order valence-electron chi connectivity index (χ3n) is 5.43. The molecule has 1 amide bonds. The van der Waals surface area contributed by atoms with E-state index in [0.717, 1.165) is 29.8 Å². The van der Waals surface area contributed by atoms with E-state index in [-0.39, 0.29) is 17.1 Å². The number of hydrogen-bond acceptors (Lipinski definition) is 4. The van der Waals surface area contributed by atoms with Crippen LogP contribution >= 0.6 is 11.3 Å². The number of thiazole rings is 1. The van der Waals surface area contributed by atoms with E-state index in [4.69, 9.17) is 0 Å². The van der Waals surface area contributed by atoms with Crippen molar-refractivity contribution in [3.63, 3.8) is 0 Å². The maximum atomic E-state index is 13.2. The van der Waals surface area contributed by atoms with Gasteiger partial charge >= 0.3 is 0 Å². The smallest absolute Gasteiger partial charge is 0.226 e. The highest BCUT2D eigenvalue weighted by molar-refractivity contribution is 7.13. The van der Waals surface area contributed by atoms with Crippen LogP contribution in [-0.4, -0.2) is 20.7 Å². The van der Waals surface area contributed by atoms with E-state index in [1.807, 2.05) is 16.3 Å². The van der Waals surface area contributed by atoms with Gasteiger partial charge in [-0.2, -0.15) is 5.10 Å². The lowest BCUT2D eigenvalue weighted by Crippen LogP contribution is -2.26. The predicted molar refractivity (Wildman–Crippen MR) is 109 cm³/mol. The summed E-state index contributed by atoms with van der Waals surface area (Å²) >= 11 is 1.42. The van der Waals surface area contributed by atoms with Gasteiger partial charge < -0.3 is 5.32 Å². The molecule has 5 nitrogen and oxygen atoms in total. The number of rotatable bonds is 5. The molecule has 1 aliphatic carbocycles. The van der Waals surface area contributed by atoms with Gasteiger partial charge in [0, 0.05) is 18.0 Å². The molecular weight excluding hydrogens is 375 g/mol. The summed E-state index contributed by atoms with van der Waals surface area (Å²) in [5.74, 6) is -0.281. The first-order valence-corrected chi connectivity index (χ1v) is 10.0. The van der Waals surface area contributed by atoms with Crippen LogP contribution in [0.1, 0.15) is 37.9 Å². The SMILES string of the molecule is CC1=Cc2c(cnn2-c2ccc(F)cc2)C[C@]1(C)CCC(=O)Nc1nccs1. The van der Waals surface area contributed by atoms with Crippen molar-refractivity contribution in [1.29, 1.82) is 0 Å². The number of amides is 1. The van der Waals surface area contributed by atoms with E-state index in [0.29, 0.717) is 11.6 Å². The van der Waals surface area contributed by atoms with Crippen LogP contribution in [0.2, 0.25) is 0 Å². The number of benzene rings is 1. The van der Waals surface area contributed by atoms with E-state index in [1.54, 1.807) is 18.3 Å². The molecule has 3 aromatic rings.